The molecule has 2 aromatic carbocycles. The Balaban J connectivity index is 1.67. The molecule has 3 rings (SSSR count). The van der Waals surface area contributed by atoms with Crippen LogP contribution in [0.1, 0.15) is 10.4 Å². The lowest BCUT2D eigenvalue weighted by Crippen LogP contribution is -2.21. The lowest BCUT2D eigenvalue weighted by molar-refractivity contribution is -0.113. The standard InChI is InChI=1S/C19H17N3O4S/c1-22-17(24)14-5-3-4-6-15(14)21-19(22)27-11-16(23)20-13-9-7-12(8-10-13)18(25)26-2/h3-10H,11H2,1-2H3,(H,20,23). The molecule has 1 heterocycles. The molecule has 0 saturated heterocycles. The van der Waals surface area contributed by atoms with Gasteiger partial charge in [0.1, 0.15) is 0 Å². The van der Waals surface area contributed by atoms with Gasteiger partial charge in [0, 0.05) is 12.7 Å². The Hall–Kier alpha value is -3.13. The number of rotatable bonds is 5. The number of para-hydroxylation sites is 1. The van der Waals surface area contributed by atoms with Crippen molar-refractivity contribution in [1.29, 1.82) is 0 Å². The Morgan fingerprint density at radius 2 is 1.85 bits per heavy atom. The molecule has 1 N–H and O–H groups in total. The number of benzene rings is 2. The second kappa shape index (κ2) is 8.05. The first kappa shape index (κ1) is 18.7. The second-order valence-corrected chi connectivity index (χ2v) is 6.62. The number of hydrogen-bond donors (Lipinski definition) is 1. The molecule has 0 unspecified atom stereocenters. The fourth-order valence-electron chi connectivity index (χ4n) is 2.46. The number of amides is 1. The van der Waals surface area contributed by atoms with E-state index in [1.807, 2.05) is 6.07 Å². The molecule has 0 aliphatic carbocycles. The zero-order valence-corrected chi connectivity index (χ0v) is 15.6. The van der Waals surface area contributed by atoms with Gasteiger partial charge in [0.15, 0.2) is 5.16 Å². The largest absolute Gasteiger partial charge is 0.465 e. The fourth-order valence-corrected chi connectivity index (χ4v) is 3.23. The van der Waals surface area contributed by atoms with E-state index in [0.717, 1.165) is 0 Å². The van der Waals surface area contributed by atoms with E-state index in [9.17, 15) is 14.4 Å². The van der Waals surface area contributed by atoms with Crippen molar-refractivity contribution >= 4 is 40.2 Å². The highest BCUT2D eigenvalue weighted by atomic mass is 32.2. The molecular weight excluding hydrogens is 366 g/mol. The molecule has 0 bridgehead atoms. The van der Waals surface area contributed by atoms with E-state index in [1.165, 1.54) is 23.4 Å². The predicted octanol–water partition coefficient (Wildman–Crippen LogP) is 2.45. The topological polar surface area (TPSA) is 90.3 Å². The van der Waals surface area contributed by atoms with E-state index in [0.29, 0.717) is 27.3 Å². The van der Waals surface area contributed by atoms with Crippen molar-refractivity contribution < 1.29 is 14.3 Å². The zero-order valence-electron chi connectivity index (χ0n) is 14.8. The molecule has 27 heavy (non-hydrogen) atoms. The number of esters is 1. The van der Waals surface area contributed by atoms with Crippen molar-refractivity contribution in [2.45, 2.75) is 5.16 Å². The molecule has 7 nitrogen and oxygen atoms in total. The number of hydrogen-bond acceptors (Lipinski definition) is 6. The summed E-state index contributed by atoms with van der Waals surface area (Å²) in [5, 5.41) is 3.75. The molecule has 0 saturated carbocycles. The van der Waals surface area contributed by atoms with Crippen molar-refractivity contribution in [3.8, 4) is 0 Å². The third-order valence-corrected chi connectivity index (χ3v) is 4.89. The number of fused-ring (bicyclic) bond motifs is 1. The minimum atomic E-state index is -0.438. The Morgan fingerprint density at radius 3 is 2.56 bits per heavy atom. The normalized spacial score (nSPS) is 10.6. The van der Waals surface area contributed by atoms with Crippen molar-refractivity contribution in [2.75, 3.05) is 18.2 Å². The second-order valence-electron chi connectivity index (χ2n) is 5.68. The maximum Gasteiger partial charge on any atom is 0.337 e. The van der Waals surface area contributed by atoms with Crippen LogP contribution in [-0.4, -0.2) is 34.3 Å². The zero-order chi connectivity index (χ0) is 19.4. The molecule has 0 fully saturated rings. The van der Waals surface area contributed by atoms with Crippen LogP contribution in [0.2, 0.25) is 0 Å². The average molecular weight is 383 g/mol. The number of ether oxygens (including phenoxy) is 1. The molecule has 1 aromatic heterocycles. The number of carbonyl (C=O) groups is 2. The van der Waals surface area contributed by atoms with E-state index >= 15 is 0 Å². The van der Waals surface area contributed by atoms with Crippen molar-refractivity contribution in [1.82, 2.24) is 9.55 Å². The van der Waals surface area contributed by atoms with Gasteiger partial charge in [0.2, 0.25) is 5.91 Å². The van der Waals surface area contributed by atoms with Crippen LogP contribution in [-0.2, 0) is 16.6 Å². The predicted molar refractivity (Wildman–Crippen MR) is 104 cm³/mol. The smallest absolute Gasteiger partial charge is 0.337 e. The van der Waals surface area contributed by atoms with Crippen LogP contribution in [0.4, 0.5) is 5.69 Å². The number of anilines is 1. The first-order valence-electron chi connectivity index (χ1n) is 8.06. The Morgan fingerprint density at radius 1 is 1.15 bits per heavy atom. The third kappa shape index (κ3) is 4.17. The van der Waals surface area contributed by atoms with E-state index in [1.54, 1.807) is 49.5 Å². The molecule has 0 spiro atoms. The lowest BCUT2D eigenvalue weighted by Gasteiger charge is -2.09. The van der Waals surface area contributed by atoms with Crippen LogP contribution in [0.5, 0.6) is 0 Å². The Kier molecular flexibility index (Phi) is 5.56. The molecule has 1 amide bonds. The van der Waals surface area contributed by atoms with Gasteiger partial charge in [-0.15, -0.1) is 0 Å². The first-order chi connectivity index (χ1) is 13.0. The summed E-state index contributed by atoms with van der Waals surface area (Å²) >= 11 is 1.18. The molecular formula is C19H17N3O4S. The summed E-state index contributed by atoms with van der Waals surface area (Å²) in [5.41, 5.74) is 1.41. The van der Waals surface area contributed by atoms with Gasteiger partial charge in [0.25, 0.3) is 5.56 Å². The van der Waals surface area contributed by atoms with Gasteiger partial charge < -0.3 is 10.1 Å². The monoisotopic (exact) mass is 383 g/mol. The minimum Gasteiger partial charge on any atom is -0.465 e. The van der Waals surface area contributed by atoms with Crippen LogP contribution in [0.15, 0.2) is 58.5 Å². The minimum absolute atomic E-state index is 0.0946. The van der Waals surface area contributed by atoms with Crippen molar-refractivity contribution in [2.24, 2.45) is 7.05 Å². The highest BCUT2D eigenvalue weighted by Gasteiger charge is 2.11. The summed E-state index contributed by atoms with van der Waals surface area (Å²) in [6.45, 7) is 0. The summed E-state index contributed by atoms with van der Waals surface area (Å²) in [4.78, 5) is 40.4. The number of nitrogens with zero attached hydrogens (tertiary/aromatic N) is 2. The number of carbonyl (C=O) groups excluding carboxylic acids is 2. The fraction of sp³-hybridized carbons (Fsp3) is 0.158. The highest BCUT2D eigenvalue weighted by molar-refractivity contribution is 7.99. The molecule has 0 atom stereocenters. The van der Waals surface area contributed by atoms with E-state index < -0.39 is 5.97 Å². The maximum atomic E-state index is 12.4. The summed E-state index contributed by atoms with van der Waals surface area (Å²) < 4.78 is 6.07. The van der Waals surface area contributed by atoms with E-state index in [-0.39, 0.29) is 17.2 Å². The first-order valence-corrected chi connectivity index (χ1v) is 9.05. The maximum absolute atomic E-state index is 12.4. The molecule has 3 aromatic rings. The molecule has 0 radical (unpaired) electrons. The molecule has 138 valence electrons. The van der Waals surface area contributed by atoms with Crippen LogP contribution in [0, 0.1) is 0 Å². The van der Waals surface area contributed by atoms with E-state index in [2.05, 4.69) is 15.0 Å². The average Bonchev–Trinajstić information content (AvgIpc) is 2.69. The number of thioether (sulfide) groups is 1. The summed E-state index contributed by atoms with van der Waals surface area (Å²) in [6.07, 6.45) is 0. The molecule has 0 aliphatic heterocycles. The van der Waals surface area contributed by atoms with E-state index in [4.69, 9.17) is 0 Å². The third-order valence-electron chi connectivity index (χ3n) is 3.86. The summed E-state index contributed by atoms with van der Waals surface area (Å²) in [6, 6.07) is 13.5. The quantitative estimate of drug-likeness (QED) is 0.413. The lowest BCUT2D eigenvalue weighted by atomic mass is 10.2. The summed E-state index contributed by atoms with van der Waals surface area (Å²) in [7, 11) is 2.94. The Bertz CT molecular complexity index is 1060. The van der Waals surface area contributed by atoms with Gasteiger partial charge >= 0.3 is 5.97 Å². The highest BCUT2D eigenvalue weighted by Crippen LogP contribution is 2.17. The Labute approximate surface area is 159 Å². The van der Waals surface area contributed by atoms with Gasteiger partial charge in [-0.25, -0.2) is 9.78 Å². The number of methoxy groups -OCH3 is 1. The summed E-state index contributed by atoms with van der Waals surface area (Å²) in [5.74, 6) is -0.586. The van der Waals surface area contributed by atoms with Crippen LogP contribution in [0.3, 0.4) is 0 Å². The van der Waals surface area contributed by atoms with Gasteiger partial charge in [-0.1, -0.05) is 23.9 Å². The van der Waals surface area contributed by atoms with Gasteiger partial charge in [-0.05, 0) is 36.4 Å². The van der Waals surface area contributed by atoms with Crippen LogP contribution >= 0.6 is 11.8 Å². The SMILES string of the molecule is COC(=O)c1ccc(NC(=O)CSc2nc3ccccc3c(=O)n2C)cc1. The number of aromatic nitrogens is 2. The molecule has 8 heteroatoms. The van der Waals surface area contributed by atoms with Crippen molar-refractivity contribution in [3.05, 3.63) is 64.4 Å². The van der Waals surface area contributed by atoms with Gasteiger partial charge in [0.05, 0.1) is 29.3 Å². The number of nitrogens with one attached hydrogen (secondary N) is 1. The van der Waals surface area contributed by atoms with Crippen LogP contribution in [0.25, 0.3) is 10.9 Å². The van der Waals surface area contributed by atoms with Gasteiger partial charge in [-0.3, -0.25) is 14.2 Å². The van der Waals surface area contributed by atoms with Crippen molar-refractivity contribution in [3.63, 3.8) is 0 Å². The molecule has 0 aliphatic rings. The van der Waals surface area contributed by atoms with Gasteiger partial charge in [-0.2, -0.15) is 0 Å². The van der Waals surface area contributed by atoms with Crippen LogP contribution < -0.4 is 10.9 Å².